The first-order chi connectivity index (χ1) is 7.00. The fourth-order valence-electron chi connectivity index (χ4n) is 0.481. The minimum atomic E-state index is 0. The van der Waals surface area contributed by atoms with Crippen LogP contribution in [0.25, 0.3) is 0 Å². The van der Waals surface area contributed by atoms with Gasteiger partial charge in [-0.05, 0) is 0 Å². The van der Waals surface area contributed by atoms with Crippen LogP contribution in [0.1, 0.15) is 13.8 Å². The first kappa shape index (κ1) is 36.1. The van der Waals surface area contributed by atoms with Gasteiger partial charge >= 0.3 is 39.0 Å². The van der Waals surface area contributed by atoms with Crippen molar-refractivity contribution in [3.8, 4) is 0 Å². The molecule has 0 saturated carbocycles. The van der Waals surface area contributed by atoms with Crippen LogP contribution in [0.2, 0.25) is 0 Å². The Labute approximate surface area is 140 Å². The molecule has 2 heterocycles. The molecule has 0 aromatic carbocycles. The summed E-state index contributed by atoms with van der Waals surface area (Å²) >= 11 is 0. The van der Waals surface area contributed by atoms with E-state index < -0.39 is 0 Å². The Morgan fingerprint density at radius 1 is 0.722 bits per heavy atom. The van der Waals surface area contributed by atoms with Gasteiger partial charge in [-0.25, -0.2) is 0 Å². The molecule has 0 amide bonds. The first-order valence-corrected chi connectivity index (χ1v) is 4.40. The van der Waals surface area contributed by atoms with Crippen LogP contribution >= 0.6 is 0 Å². The maximum Gasteiger partial charge on any atom is 3.00 e. The van der Waals surface area contributed by atoms with Crippen molar-refractivity contribution in [1.29, 1.82) is 0 Å². The minimum Gasteiger partial charge on any atom is -0.484 e. The van der Waals surface area contributed by atoms with E-state index in [1.165, 1.54) is 0 Å². The molecular weight excluding hydrogens is 398 g/mol. The van der Waals surface area contributed by atoms with E-state index in [-0.39, 0.29) is 53.8 Å². The van der Waals surface area contributed by atoms with E-state index in [9.17, 15) is 0 Å². The summed E-state index contributed by atoms with van der Waals surface area (Å²) in [5.74, 6) is 0. The van der Waals surface area contributed by atoms with Crippen LogP contribution in [0.3, 0.4) is 0 Å². The van der Waals surface area contributed by atoms with Gasteiger partial charge in [0.2, 0.25) is 0 Å². The molecule has 0 aliphatic carbocycles. The predicted octanol–water partition coefficient (Wildman–Crippen LogP) is 4.21. The van der Waals surface area contributed by atoms with Crippen molar-refractivity contribution in [2.24, 2.45) is 0 Å². The molecule has 0 saturated heterocycles. The Balaban J connectivity index is -0.0000000268. The molecule has 2 nitrogen and oxygen atoms in total. The predicted molar refractivity (Wildman–Crippen MR) is 74.1 cm³/mol. The third-order valence-corrected chi connectivity index (χ3v) is 0.885. The molecule has 106 valence electrons. The van der Waals surface area contributed by atoms with Crippen LogP contribution in [0.4, 0.5) is 0 Å². The second kappa shape index (κ2) is 43.7. The molecule has 2 aromatic heterocycles. The summed E-state index contributed by atoms with van der Waals surface area (Å²) in [6.07, 6.45) is 9.11. The molecule has 0 aliphatic heterocycles. The van der Waals surface area contributed by atoms with Gasteiger partial charge < -0.3 is 38.7 Å². The Bertz CT molecular complexity index is 157. The number of hydrogen-bond acceptors (Lipinski definition) is 0. The third kappa shape index (κ3) is 36.0. The number of aromatic nitrogens is 2. The molecule has 0 bridgehead atoms. The summed E-state index contributed by atoms with van der Waals surface area (Å²) in [6, 6.07) is 7.42. The van der Waals surface area contributed by atoms with E-state index in [1.54, 1.807) is 13.8 Å². The van der Waals surface area contributed by atoms with Crippen molar-refractivity contribution >= 4 is 0 Å². The fourth-order valence-corrected chi connectivity index (χ4v) is 0.481. The quantitative estimate of drug-likeness (QED) is 0.471. The zero-order valence-electron chi connectivity index (χ0n) is 11.6. The Morgan fingerprint density at radius 2 is 1.00 bits per heavy atom. The van der Waals surface area contributed by atoms with Crippen molar-refractivity contribution in [2.75, 3.05) is 0 Å². The van der Waals surface area contributed by atoms with Crippen molar-refractivity contribution in [2.45, 2.75) is 13.8 Å². The maximum atomic E-state index is 3.25. The standard InChI is InChI=1S/2C4H4N.2C2H5.2CH3.2Ru/c2*1-2-4-5-3-1;2*1-2;;;;/h2*1-3,5H;2*1H2,2H3;2*1H3;;/q6*-1;2*+3. The van der Waals surface area contributed by atoms with Gasteiger partial charge in [0, 0.05) is 0 Å². The molecule has 2 aromatic rings. The molecule has 2 N–H and O–H groups in total. The van der Waals surface area contributed by atoms with E-state index in [0.29, 0.717) is 0 Å². The van der Waals surface area contributed by atoms with Gasteiger partial charge in [-0.1, -0.05) is 0 Å². The third-order valence-electron chi connectivity index (χ3n) is 0.885. The van der Waals surface area contributed by atoms with Gasteiger partial charge in [0.1, 0.15) is 0 Å². The van der Waals surface area contributed by atoms with Gasteiger partial charge in [-0.3, -0.25) is 0 Å². The molecule has 0 fully saturated rings. The van der Waals surface area contributed by atoms with Crippen molar-refractivity contribution in [1.82, 2.24) is 9.97 Å². The topological polar surface area (TPSA) is 31.6 Å². The Kier molecular flexibility index (Phi) is 87.5. The van der Waals surface area contributed by atoms with Crippen LogP contribution in [0, 0.1) is 41.1 Å². The average Bonchev–Trinajstić information content (AvgIpc) is 3.01. The number of hydrogen-bond donors (Lipinski definition) is 2. The molecule has 0 atom stereocenters. The Hall–Kier alpha value is -0.193. The molecule has 0 aliphatic rings. The van der Waals surface area contributed by atoms with Crippen LogP contribution < -0.4 is 0 Å². The van der Waals surface area contributed by atoms with E-state index in [1.807, 2.05) is 36.7 Å². The summed E-state index contributed by atoms with van der Waals surface area (Å²) in [7, 11) is 0. The zero-order valence-corrected chi connectivity index (χ0v) is 15.1. The Morgan fingerprint density at radius 3 is 1.06 bits per heavy atom. The smallest absolute Gasteiger partial charge is 0.484 e. The summed E-state index contributed by atoms with van der Waals surface area (Å²) in [5.41, 5.74) is 0. The monoisotopic (exact) mass is 424 g/mol. The van der Waals surface area contributed by atoms with Crippen molar-refractivity contribution in [3.63, 3.8) is 0 Å². The minimum absolute atomic E-state index is 0. The summed E-state index contributed by atoms with van der Waals surface area (Å²) in [6.45, 7) is 10.0. The second-order valence-electron chi connectivity index (χ2n) is 1.63. The van der Waals surface area contributed by atoms with Gasteiger partial charge in [0.25, 0.3) is 0 Å². The van der Waals surface area contributed by atoms with Gasteiger partial charge in [-0.15, -0.1) is 12.4 Å². The normalized spacial score (nSPS) is 5.11. The number of nitrogens with one attached hydrogen (secondary N) is 2. The number of H-pyrrole nitrogens is 2. The second-order valence-corrected chi connectivity index (χ2v) is 1.63. The van der Waals surface area contributed by atoms with E-state index in [2.05, 4.69) is 36.2 Å². The summed E-state index contributed by atoms with van der Waals surface area (Å²) in [5, 5.41) is 0. The van der Waals surface area contributed by atoms with Gasteiger partial charge in [-0.2, -0.15) is 50.5 Å². The van der Waals surface area contributed by atoms with E-state index in [4.69, 9.17) is 0 Å². The summed E-state index contributed by atoms with van der Waals surface area (Å²) < 4.78 is 0. The molecule has 18 heavy (non-hydrogen) atoms. The maximum absolute atomic E-state index is 3.25. The summed E-state index contributed by atoms with van der Waals surface area (Å²) in [4.78, 5) is 5.47. The molecular formula is C14H24N2Ru2. The van der Waals surface area contributed by atoms with E-state index in [0.717, 1.165) is 0 Å². The van der Waals surface area contributed by atoms with Gasteiger partial charge in [0.05, 0.1) is 0 Å². The molecule has 0 spiro atoms. The van der Waals surface area contributed by atoms with Crippen LogP contribution in [0.15, 0.2) is 36.7 Å². The van der Waals surface area contributed by atoms with Crippen LogP contribution in [-0.2, 0) is 39.0 Å². The van der Waals surface area contributed by atoms with Crippen LogP contribution in [0.5, 0.6) is 0 Å². The molecule has 2 radical (unpaired) electrons. The van der Waals surface area contributed by atoms with Crippen LogP contribution in [-0.4, -0.2) is 9.97 Å². The number of aromatic amines is 2. The largest absolute Gasteiger partial charge is 3.00 e. The SMILES string of the molecule is [CH2-]C.[CH2-]C.[CH3-].[CH3-].[Ru+3].[Ru+3].[c-]1ccc[nH]1.[c-]1ccc[nH]1. The van der Waals surface area contributed by atoms with E-state index >= 15 is 0 Å². The number of rotatable bonds is 0. The van der Waals surface area contributed by atoms with Crippen molar-refractivity contribution < 1.29 is 39.0 Å². The molecule has 2 rings (SSSR count). The van der Waals surface area contributed by atoms with Gasteiger partial charge in [0.15, 0.2) is 0 Å². The first-order valence-electron chi connectivity index (χ1n) is 4.40. The molecule has 4 heteroatoms. The molecule has 0 unspecified atom stereocenters. The zero-order chi connectivity index (χ0) is 11.1. The fraction of sp³-hybridized carbons (Fsp3) is 0.143. The average molecular weight is 422 g/mol. The van der Waals surface area contributed by atoms with Crippen molar-refractivity contribution in [3.05, 3.63) is 77.8 Å².